The molecular formula is C15H28O. The van der Waals surface area contributed by atoms with Crippen LogP contribution in [0.3, 0.4) is 0 Å². The molecule has 1 heteroatoms. The van der Waals surface area contributed by atoms with Crippen LogP contribution in [0.25, 0.3) is 0 Å². The van der Waals surface area contributed by atoms with Crippen LogP contribution in [0, 0.1) is 5.41 Å². The molecule has 94 valence electrons. The first-order valence-electron chi connectivity index (χ1n) is 6.33. The smallest absolute Gasteiger partial charge is 0.0487 e. The highest BCUT2D eigenvalue weighted by atomic mass is 16.3. The van der Waals surface area contributed by atoms with Gasteiger partial charge in [0.05, 0.1) is 0 Å². The van der Waals surface area contributed by atoms with Crippen LogP contribution in [0.5, 0.6) is 0 Å². The van der Waals surface area contributed by atoms with Gasteiger partial charge in [0.1, 0.15) is 0 Å². The van der Waals surface area contributed by atoms with Crippen molar-refractivity contribution in [3.8, 4) is 0 Å². The number of aliphatic hydroxyl groups is 1. The predicted octanol–water partition coefficient (Wildman–Crippen LogP) is 4.48. The van der Waals surface area contributed by atoms with Gasteiger partial charge in [0.25, 0.3) is 0 Å². The number of hydrogen-bond acceptors (Lipinski definition) is 1. The van der Waals surface area contributed by atoms with Crippen LogP contribution in [-0.4, -0.2) is 11.7 Å². The Morgan fingerprint density at radius 3 is 2.25 bits per heavy atom. The fourth-order valence-electron chi connectivity index (χ4n) is 1.43. The van der Waals surface area contributed by atoms with Gasteiger partial charge in [0.15, 0.2) is 0 Å². The third-order valence-corrected chi connectivity index (χ3v) is 3.27. The van der Waals surface area contributed by atoms with E-state index in [-0.39, 0.29) is 12.0 Å². The van der Waals surface area contributed by atoms with E-state index in [1.54, 1.807) is 0 Å². The SMILES string of the molecule is CCC(C)(CO)CC=C(C)CCC=C(C)C. The molecule has 0 saturated heterocycles. The quantitative estimate of drug-likeness (QED) is 0.632. The lowest BCUT2D eigenvalue weighted by Gasteiger charge is -2.24. The minimum absolute atomic E-state index is 0.0672. The summed E-state index contributed by atoms with van der Waals surface area (Å²) >= 11 is 0. The van der Waals surface area contributed by atoms with Gasteiger partial charge in [-0.2, -0.15) is 0 Å². The van der Waals surface area contributed by atoms with E-state index in [1.807, 2.05) is 0 Å². The normalized spacial score (nSPS) is 15.8. The van der Waals surface area contributed by atoms with Crippen LogP contribution in [-0.2, 0) is 0 Å². The molecule has 1 atom stereocenters. The zero-order valence-corrected chi connectivity index (χ0v) is 11.6. The maximum Gasteiger partial charge on any atom is 0.0487 e. The van der Waals surface area contributed by atoms with E-state index in [9.17, 15) is 5.11 Å². The molecule has 0 aromatic carbocycles. The monoisotopic (exact) mass is 224 g/mol. The molecule has 0 radical (unpaired) electrons. The summed E-state index contributed by atoms with van der Waals surface area (Å²) in [6.45, 7) is 11.0. The largest absolute Gasteiger partial charge is 0.396 e. The summed E-state index contributed by atoms with van der Waals surface area (Å²) in [6.07, 6.45) is 8.85. The molecule has 0 heterocycles. The molecule has 0 saturated carbocycles. The van der Waals surface area contributed by atoms with Gasteiger partial charge in [-0.15, -0.1) is 0 Å². The molecule has 1 unspecified atom stereocenters. The molecule has 16 heavy (non-hydrogen) atoms. The van der Waals surface area contributed by atoms with E-state index in [0.717, 1.165) is 25.7 Å². The van der Waals surface area contributed by atoms with Gasteiger partial charge in [-0.05, 0) is 51.9 Å². The van der Waals surface area contributed by atoms with Crippen LogP contribution in [0.15, 0.2) is 23.3 Å². The predicted molar refractivity (Wildman–Crippen MR) is 72.5 cm³/mol. The van der Waals surface area contributed by atoms with E-state index >= 15 is 0 Å². The number of allylic oxidation sites excluding steroid dienone is 4. The molecule has 0 aliphatic heterocycles. The minimum Gasteiger partial charge on any atom is -0.396 e. The van der Waals surface area contributed by atoms with Crippen LogP contribution in [0.4, 0.5) is 0 Å². The fraction of sp³-hybridized carbons (Fsp3) is 0.733. The summed E-state index contributed by atoms with van der Waals surface area (Å²) in [7, 11) is 0. The first kappa shape index (κ1) is 15.4. The first-order valence-corrected chi connectivity index (χ1v) is 6.33. The maximum atomic E-state index is 9.31. The van der Waals surface area contributed by atoms with Crippen LogP contribution in [0.2, 0.25) is 0 Å². The summed E-state index contributed by atoms with van der Waals surface area (Å²) < 4.78 is 0. The van der Waals surface area contributed by atoms with Crippen molar-refractivity contribution in [2.24, 2.45) is 5.41 Å². The van der Waals surface area contributed by atoms with Gasteiger partial charge in [-0.3, -0.25) is 0 Å². The molecule has 1 N–H and O–H groups in total. The van der Waals surface area contributed by atoms with Crippen molar-refractivity contribution >= 4 is 0 Å². The molecule has 0 aliphatic rings. The number of aliphatic hydroxyl groups excluding tert-OH is 1. The summed E-state index contributed by atoms with van der Waals surface area (Å²) in [6, 6.07) is 0. The summed E-state index contributed by atoms with van der Waals surface area (Å²) in [5, 5.41) is 9.31. The summed E-state index contributed by atoms with van der Waals surface area (Å²) in [5.74, 6) is 0. The van der Waals surface area contributed by atoms with Gasteiger partial charge < -0.3 is 5.11 Å². The first-order chi connectivity index (χ1) is 7.43. The van der Waals surface area contributed by atoms with Gasteiger partial charge in [0, 0.05) is 6.61 Å². The standard InChI is InChI=1S/C15H28O/c1-6-15(5,12-16)11-10-14(4)9-7-8-13(2)3/h8,10,16H,6-7,9,11-12H2,1-5H3. The highest BCUT2D eigenvalue weighted by molar-refractivity contribution is 5.03. The summed E-state index contributed by atoms with van der Waals surface area (Å²) in [4.78, 5) is 0. The third-order valence-electron chi connectivity index (χ3n) is 3.27. The van der Waals surface area contributed by atoms with E-state index in [0.29, 0.717) is 0 Å². The average Bonchev–Trinajstić information content (AvgIpc) is 2.25. The molecule has 0 aliphatic carbocycles. The van der Waals surface area contributed by atoms with Crippen molar-refractivity contribution in [3.05, 3.63) is 23.3 Å². The fourth-order valence-corrected chi connectivity index (χ4v) is 1.43. The van der Waals surface area contributed by atoms with Gasteiger partial charge in [-0.25, -0.2) is 0 Å². The topological polar surface area (TPSA) is 20.2 Å². The molecule has 0 bridgehead atoms. The lowest BCUT2D eigenvalue weighted by Crippen LogP contribution is -2.19. The van der Waals surface area contributed by atoms with E-state index < -0.39 is 0 Å². The zero-order valence-electron chi connectivity index (χ0n) is 11.6. The Balaban J connectivity index is 4.08. The maximum absolute atomic E-state index is 9.31. The van der Waals surface area contributed by atoms with Crippen LogP contribution in [0.1, 0.15) is 60.3 Å². The molecular weight excluding hydrogens is 196 g/mol. The van der Waals surface area contributed by atoms with Crippen LogP contribution < -0.4 is 0 Å². The molecule has 0 aromatic heterocycles. The Morgan fingerprint density at radius 1 is 1.19 bits per heavy atom. The highest BCUT2D eigenvalue weighted by Gasteiger charge is 2.18. The Labute approximate surface area is 101 Å². The van der Waals surface area contributed by atoms with Gasteiger partial charge in [-0.1, -0.05) is 37.1 Å². The Bertz CT molecular complexity index is 240. The van der Waals surface area contributed by atoms with Crippen LogP contribution >= 0.6 is 0 Å². The second-order valence-electron chi connectivity index (χ2n) is 5.40. The Kier molecular flexibility index (Phi) is 7.40. The number of rotatable bonds is 7. The van der Waals surface area contributed by atoms with Crippen molar-refractivity contribution in [1.82, 2.24) is 0 Å². The zero-order chi connectivity index (χ0) is 12.6. The molecule has 0 spiro atoms. The second-order valence-corrected chi connectivity index (χ2v) is 5.40. The average molecular weight is 224 g/mol. The van der Waals surface area contributed by atoms with Crippen molar-refractivity contribution in [1.29, 1.82) is 0 Å². The molecule has 0 amide bonds. The Hall–Kier alpha value is -0.560. The van der Waals surface area contributed by atoms with Crippen molar-refractivity contribution in [3.63, 3.8) is 0 Å². The van der Waals surface area contributed by atoms with E-state index in [4.69, 9.17) is 0 Å². The van der Waals surface area contributed by atoms with Crippen molar-refractivity contribution in [2.75, 3.05) is 6.61 Å². The minimum atomic E-state index is 0.0672. The highest BCUT2D eigenvalue weighted by Crippen LogP contribution is 2.26. The third kappa shape index (κ3) is 6.84. The van der Waals surface area contributed by atoms with E-state index in [2.05, 4.69) is 46.8 Å². The van der Waals surface area contributed by atoms with Gasteiger partial charge in [0.2, 0.25) is 0 Å². The Morgan fingerprint density at radius 2 is 1.81 bits per heavy atom. The molecule has 0 aromatic rings. The lowest BCUT2D eigenvalue weighted by molar-refractivity contribution is 0.140. The molecule has 1 nitrogen and oxygen atoms in total. The molecule has 0 rings (SSSR count). The number of hydrogen-bond donors (Lipinski definition) is 1. The lowest BCUT2D eigenvalue weighted by atomic mass is 9.84. The van der Waals surface area contributed by atoms with Crippen molar-refractivity contribution in [2.45, 2.75) is 60.3 Å². The molecule has 0 fully saturated rings. The van der Waals surface area contributed by atoms with Gasteiger partial charge >= 0.3 is 0 Å². The summed E-state index contributed by atoms with van der Waals surface area (Å²) in [5.41, 5.74) is 2.89. The van der Waals surface area contributed by atoms with E-state index in [1.165, 1.54) is 11.1 Å². The van der Waals surface area contributed by atoms with Crippen molar-refractivity contribution < 1.29 is 5.11 Å². The second kappa shape index (κ2) is 7.67.